The second-order valence-electron chi connectivity index (χ2n) is 4.87. The van der Waals surface area contributed by atoms with Gasteiger partial charge in [-0.05, 0) is 50.1 Å². The van der Waals surface area contributed by atoms with Crippen LogP contribution in [0.25, 0.3) is 0 Å². The number of nitrogens with zero attached hydrogens (tertiary/aromatic N) is 2. The van der Waals surface area contributed by atoms with Gasteiger partial charge in [-0.25, -0.2) is 0 Å². The molecule has 0 saturated carbocycles. The molecule has 1 aromatic carbocycles. The summed E-state index contributed by atoms with van der Waals surface area (Å²) in [4.78, 5) is 6.45. The zero-order chi connectivity index (χ0) is 13.8. The monoisotopic (exact) mass is 255 g/mol. The fourth-order valence-corrected chi connectivity index (χ4v) is 2.21. The quantitative estimate of drug-likeness (QED) is 0.898. The van der Waals surface area contributed by atoms with Crippen LogP contribution in [0, 0.1) is 13.8 Å². The van der Waals surface area contributed by atoms with Crippen LogP contribution < -0.4 is 10.2 Å². The first kappa shape index (κ1) is 13.4. The molecule has 0 aliphatic rings. The highest BCUT2D eigenvalue weighted by Gasteiger charge is 2.06. The van der Waals surface area contributed by atoms with Crippen LogP contribution in [0.2, 0.25) is 0 Å². The second kappa shape index (κ2) is 5.74. The van der Waals surface area contributed by atoms with E-state index in [9.17, 15) is 0 Å². The third-order valence-electron chi connectivity index (χ3n) is 3.09. The van der Waals surface area contributed by atoms with Gasteiger partial charge in [0.05, 0.1) is 23.8 Å². The van der Waals surface area contributed by atoms with Crippen LogP contribution in [0.1, 0.15) is 18.1 Å². The number of hydrogen-bond acceptors (Lipinski definition) is 3. The lowest BCUT2D eigenvalue weighted by molar-refractivity contribution is 1.14. The van der Waals surface area contributed by atoms with E-state index in [1.165, 1.54) is 16.8 Å². The summed E-state index contributed by atoms with van der Waals surface area (Å²) in [6.45, 7) is 7.23. The van der Waals surface area contributed by atoms with Crippen molar-refractivity contribution in [3.8, 4) is 0 Å². The number of benzene rings is 1. The molecule has 100 valence electrons. The Hall–Kier alpha value is -2.03. The number of rotatable bonds is 4. The van der Waals surface area contributed by atoms with Crippen LogP contribution in [-0.2, 0) is 0 Å². The summed E-state index contributed by atoms with van der Waals surface area (Å²) in [7, 11) is 2.07. The molecule has 0 atom stereocenters. The zero-order valence-electron chi connectivity index (χ0n) is 12.1. The molecule has 0 fully saturated rings. The predicted octanol–water partition coefficient (Wildman–Crippen LogP) is 3.90. The number of hydrogen-bond donors (Lipinski definition) is 1. The van der Waals surface area contributed by atoms with Gasteiger partial charge in [-0.1, -0.05) is 6.07 Å². The van der Waals surface area contributed by atoms with Crippen molar-refractivity contribution in [2.45, 2.75) is 20.8 Å². The Labute approximate surface area is 115 Å². The van der Waals surface area contributed by atoms with Gasteiger partial charge in [0.1, 0.15) is 0 Å². The van der Waals surface area contributed by atoms with Crippen LogP contribution in [0.5, 0.6) is 0 Å². The van der Waals surface area contributed by atoms with Crippen molar-refractivity contribution in [3.63, 3.8) is 0 Å². The van der Waals surface area contributed by atoms with E-state index < -0.39 is 0 Å². The third-order valence-corrected chi connectivity index (χ3v) is 3.09. The van der Waals surface area contributed by atoms with Crippen LogP contribution in [0.15, 0.2) is 36.7 Å². The Kier molecular flexibility index (Phi) is 4.05. The van der Waals surface area contributed by atoms with Gasteiger partial charge in [0.15, 0.2) is 0 Å². The van der Waals surface area contributed by atoms with Crippen molar-refractivity contribution < 1.29 is 0 Å². The third kappa shape index (κ3) is 3.25. The zero-order valence-corrected chi connectivity index (χ0v) is 12.1. The molecule has 0 radical (unpaired) electrons. The first-order chi connectivity index (χ1) is 9.10. The number of nitrogens with one attached hydrogen (secondary N) is 1. The summed E-state index contributed by atoms with van der Waals surface area (Å²) in [5.74, 6) is 0. The maximum Gasteiger partial charge on any atom is 0.0615 e. The molecule has 0 spiro atoms. The second-order valence-corrected chi connectivity index (χ2v) is 4.87. The SMILES string of the molecule is CCNc1cncc(N(C)c2cc(C)cc(C)c2)c1. The smallest absolute Gasteiger partial charge is 0.0615 e. The van der Waals surface area contributed by atoms with Gasteiger partial charge < -0.3 is 10.2 Å². The Bertz CT molecular complexity index is 543. The summed E-state index contributed by atoms with van der Waals surface area (Å²) in [5, 5.41) is 3.29. The van der Waals surface area contributed by atoms with E-state index >= 15 is 0 Å². The summed E-state index contributed by atoms with van der Waals surface area (Å²) in [5.41, 5.74) is 5.88. The molecular formula is C16H21N3. The van der Waals surface area contributed by atoms with Crippen LogP contribution >= 0.6 is 0 Å². The van der Waals surface area contributed by atoms with Gasteiger partial charge in [-0.15, -0.1) is 0 Å². The predicted molar refractivity (Wildman–Crippen MR) is 82.4 cm³/mol. The number of pyridine rings is 1. The highest BCUT2D eigenvalue weighted by Crippen LogP contribution is 2.26. The molecule has 0 unspecified atom stereocenters. The molecule has 2 rings (SSSR count). The molecule has 0 bridgehead atoms. The molecule has 1 N–H and O–H groups in total. The van der Waals surface area contributed by atoms with Gasteiger partial charge in [0, 0.05) is 19.3 Å². The first-order valence-electron chi connectivity index (χ1n) is 6.61. The molecule has 0 aliphatic carbocycles. The molecule has 0 aliphatic heterocycles. The summed E-state index contributed by atoms with van der Waals surface area (Å²) in [6, 6.07) is 8.68. The molecule has 0 saturated heterocycles. The molecule has 3 nitrogen and oxygen atoms in total. The van der Waals surface area contributed by atoms with Gasteiger partial charge in [-0.2, -0.15) is 0 Å². The van der Waals surface area contributed by atoms with Gasteiger partial charge in [0.25, 0.3) is 0 Å². The maximum absolute atomic E-state index is 4.29. The van der Waals surface area contributed by atoms with Gasteiger partial charge in [-0.3, -0.25) is 4.98 Å². The average molecular weight is 255 g/mol. The molecule has 0 amide bonds. The van der Waals surface area contributed by atoms with Gasteiger partial charge in [0.2, 0.25) is 0 Å². The Morgan fingerprint density at radius 3 is 2.32 bits per heavy atom. The molecule has 3 heteroatoms. The minimum absolute atomic E-state index is 0.901. The largest absolute Gasteiger partial charge is 0.384 e. The van der Waals surface area contributed by atoms with Crippen LogP contribution in [0.3, 0.4) is 0 Å². The highest BCUT2D eigenvalue weighted by atomic mass is 15.1. The van der Waals surface area contributed by atoms with Crippen molar-refractivity contribution in [1.82, 2.24) is 4.98 Å². The lowest BCUT2D eigenvalue weighted by Crippen LogP contribution is -2.11. The van der Waals surface area contributed by atoms with Crippen LogP contribution in [-0.4, -0.2) is 18.6 Å². The molecule has 19 heavy (non-hydrogen) atoms. The maximum atomic E-state index is 4.29. The fraction of sp³-hybridized carbons (Fsp3) is 0.312. The minimum Gasteiger partial charge on any atom is -0.384 e. The Morgan fingerprint density at radius 1 is 1.00 bits per heavy atom. The van der Waals surface area contributed by atoms with E-state index in [4.69, 9.17) is 0 Å². The van der Waals surface area contributed by atoms with Crippen molar-refractivity contribution in [2.75, 3.05) is 23.8 Å². The fourth-order valence-electron chi connectivity index (χ4n) is 2.21. The van der Waals surface area contributed by atoms with Crippen LogP contribution in [0.4, 0.5) is 17.1 Å². The Morgan fingerprint density at radius 2 is 1.68 bits per heavy atom. The normalized spacial score (nSPS) is 10.3. The molecule has 1 aromatic heterocycles. The average Bonchev–Trinajstić information content (AvgIpc) is 2.37. The summed E-state index contributed by atoms with van der Waals surface area (Å²) >= 11 is 0. The number of aryl methyl sites for hydroxylation is 2. The van der Waals surface area contributed by atoms with E-state index in [0.29, 0.717) is 0 Å². The Balaban J connectivity index is 2.32. The highest BCUT2D eigenvalue weighted by molar-refractivity contribution is 5.66. The van der Waals surface area contributed by atoms with E-state index in [1.54, 1.807) is 0 Å². The minimum atomic E-state index is 0.901. The first-order valence-corrected chi connectivity index (χ1v) is 6.61. The van der Waals surface area contributed by atoms with E-state index in [1.807, 2.05) is 12.4 Å². The standard InChI is InChI=1S/C16H21N3/c1-5-18-14-9-16(11-17-10-14)19(4)15-7-12(2)6-13(3)8-15/h6-11,18H,5H2,1-4H3. The topological polar surface area (TPSA) is 28.2 Å². The van der Waals surface area contributed by atoms with E-state index in [0.717, 1.165) is 17.9 Å². The molecule has 1 heterocycles. The summed E-state index contributed by atoms with van der Waals surface area (Å²) < 4.78 is 0. The van der Waals surface area contributed by atoms with Crippen molar-refractivity contribution >= 4 is 17.1 Å². The number of anilines is 3. The van der Waals surface area contributed by atoms with E-state index in [2.05, 4.69) is 67.3 Å². The van der Waals surface area contributed by atoms with Gasteiger partial charge >= 0.3 is 0 Å². The number of aromatic nitrogens is 1. The lowest BCUT2D eigenvalue weighted by Gasteiger charge is -2.21. The summed E-state index contributed by atoms with van der Waals surface area (Å²) in [6.07, 6.45) is 3.74. The van der Waals surface area contributed by atoms with Crippen molar-refractivity contribution in [1.29, 1.82) is 0 Å². The van der Waals surface area contributed by atoms with Crippen molar-refractivity contribution in [2.24, 2.45) is 0 Å². The van der Waals surface area contributed by atoms with Crippen molar-refractivity contribution in [3.05, 3.63) is 47.8 Å². The molecular weight excluding hydrogens is 234 g/mol. The lowest BCUT2D eigenvalue weighted by atomic mass is 10.1. The molecule has 2 aromatic rings. The van der Waals surface area contributed by atoms with E-state index in [-0.39, 0.29) is 0 Å².